The molecule has 4 aromatic carbocycles. The van der Waals surface area contributed by atoms with Crippen LogP contribution in [0.3, 0.4) is 0 Å². The van der Waals surface area contributed by atoms with E-state index in [9.17, 15) is 5.26 Å². The minimum atomic E-state index is 0.383. The maximum atomic E-state index is 9.23. The first kappa shape index (κ1) is 24.0. The molecule has 0 radical (unpaired) electrons. The Kier molecular flexibility index (Phi) is 5.82. The van der Waals surface area contributed by atoms with Crippen molar-refractivity contribution in [1.82, 2.24) is 9.97 Å². The molecule has 0 N–H and O–H groups in total. The summed E-state index contributed by atoms with van der Waals surface area (Å²) in [6, 6.07) is 38.7. The van der Waals surface area contributed by atoms with E-state index in [0.717, 1.165) is 66.4 Å². The van der Waals surface area contributed by atoms with E-state index in [-0.39, 0.29) is 0 Å². The van der Waals surface area contributed by atoms with Gasteiger partial charge < -0.3 is 9.26 Å². The first-order valence-electron chi connectivity index (χ1n) is 13.1. The molecule has 3 heterocycles. The van der Waals surface area contributed by atoms with Crippen LogP contribution < -0.4 is 0 Å². The molecule has 0 saturated carbocycles. The van der Waals surface area contributed by atoms with E-state index in [2.05, 4.69) is 81.5 Å². The number of fused-ring (bicyclic) bond motifs is 3. The number of hydrogen-bond donors (Lipinski definition) is 0. The molecule has 0 bridgehead atoms. The first-order chi connectivity index (χ1) is 20.2. The minimum absolute atomic E-state index is 0.383. The Balaban J connectivity index is 1.25. The zero-order chi connectivity index (χ0) is 27.8. The van der Waals surface area contributed by atoms with E-state index in [0.29, 0.717) is 11.5 Å². The van der Waals surface area contributed by atoms with Gasteiger partial charge in [-0.3, -0.25) is 0 Å². The predicted molar refractivity (Wildman–Crippen MR) is 162 cm³/mol. The van der Waals surface area contributed by atoms with Crippen LogP contribution in [0.5, 0.6) is 0 Å². The van der Waals surface area contributed by atoms with Gasteiger partial charge in [0.1, 0.15) is 29.1 Å². The van der Waals surface area contributed by atoms with Crippen LogP contribution in [-0.2, 0) is 0 Å². The Morgan fingerprint density at radius 1 is 0.561 bits per heavy atom. The van der Waals surface area contributed by atoms with E-state index in [1.807, 2.05) is 42.5 Å². The van der Waals surface area contributed by atoms with Gasteiger partial charge in [0, 0.05) is 17.0 Å². The molecule has 3 aromatic heterocycles. The predicted octanol–water partition coefficient (Wildman–Crippen LogP) is 9.47. The van der Waals surface area contributed by atoms with Gasteiger partial charge in [0.05, 0.1) is 0 Å². The van der Waals surface area contributed by atoms with Gasteiger partial charge in [0.15, 0.2) is 0 Å². The van der Waals surface area contributed by atoms with E-state index in [4.69, 9.17) is 11.0 Å². The number of benzene rings is 4. The number of rotatable bonds is 4. The second-order valence-electron chi connectivity index (χ2n) is 9.74. The van der Waals surface area contributed by atoms with Crippen LogP contribution in [0.1, 0.15) is 5.69 Å². The molecule has 190 valence electrons. The van der Waals surface area contributed by atoms with Gasteiger partial charge in [-0.05, 0) is 105 Å². The van der Waals surface area contributed by atoms with Gasteiger partial charge in [-0.2, -0.15) is 5.26 Å². The third-order valence-electron chi connectivity index (χ3n) is 7.27. The summed E-state index contributed by atoms with van der Waals surface area (Å²) in [5.74, 6) is 0.383. The van der Waals surface area contributed by atoms with Gasteiger partial charge in [-0.1, -0.05) is 55.1 Å². The van der Waals surface area contributed by atoms with Crippen molar-refractivity contribution in [3.63, 3.8) is 0 Å². The normalized spacial score (nSPS) is 10.9. The standard InChI is InChI=1S/C36H20N4O/c1-38-36-21-30(13-15-40-36)26-7-3-5-24(17-26)28-9-11-33-32-10-8-27(19-34(32)41-35(33)20-28)23-4-2-6-25(16-23)29-12-14-39-31(18-29)22-37/h2-21H. The van der Waals surface area contributed by atoms with Crippen LogP contribution in [0.15, 0.2) is 126 Å². The number of aromatic nitrogens is 2. The molecule has 7 rings (SSSR count). The fourth-order valence-corrected chi connectivity index (χ4v) is 5.22. The lowest BCUT2D eigenvalue weighted by atomic mass is 9.97. The summed E-state index contributed by atoms with van der Waals surface area (Å²) in [6.45, 7) is 7.26. The third kappa shape index (κ3) is 4.48. The molecule has 0 aliphatic carbocycles. The van der Waals surface area contributed by atoms with Crippen LogP contribution in [0.25, 0.3) is 71.3 Å². The highest BCUT2D eigenvalue weighted by molar-refractivity contribution is 6.07. The SMILES string of the molecule is [C-]#[N+]c1cc(-c2cccc(-c3ccc4c(c3)oc3cc(-c5cccc(-c6ccnc(C#N)c6)c5)ccc34)c2)ccn1. The monoisotopic (exact) mass is 524 g/mol. The van der Waals surface area contributed by atoms with Gasteiger partial charge in [-0.15, -0.1) is 4.98 Å². The largest absolute Gasteiger partial charge is 0.456 e. The van der Waals surface area contributed by atoms with Crippen molar-refractivity contribution >= 4 is 27.8 Å². The van der Waals surface area contributed by atoms with Crippen molar-refractivity contribution in [2.24, 2.45) is 0 Å². The Bertz CT molecular complexity index is 2040. The Labute approximate surface area is 236 Å². The molecule has 0 amide bonds. The average molecular weight is 525 g/mol. The smallest absolute Gasteiger partial charge is 0.270 e. The van der Waals surface area contributed by atoms with E-state index in [1.54, 1.807) is 18.5 Å². The number of hydrogen-bond acceptors (Lipinski definition) is 4. The summed E-state index contributed by atoms with van der Waals surface area (Å²) in [4.78, 5) is 11.6. The van der Waals surface area contributed by atoms with Crippen molar-refractivity contribution in [3.8, 4) is 50.6 Å². The van der Waals surface area contributed by atoms with Crippen LogP contribution in [0.2, 0.25) is 0 Å². The van der Waals surface area contributed by atoms with Crippen molar-refractivity contribution < 1.29 is 4.42 Å². The van der Waals surface area contributed by atoms with E-state index < -0.39 is 0 Å². The van der Waals surface area contributed by atoms with Crippen molar-refractivity contribution in [1.29, 1.82) is 5.26 Å². The van der Waals surface area contributed by atoms with Gasteiger partial charge in [-0.25, -0.2) is 4.98 Å². The third-order valence-corrected chi connectivity index (χ3v) is 7.27. The molecule has 0 atom stereocenters. The number of nitriles is 1. The summed E-state index contributed by atoms with van der Waals surface area (Å²) >= 11 is 0. The van der Waals surface area contributed by atoms with Crippen molar-refractivity contribution in [3.05, 3.63) is 139 Å². The number of nitrogens with zero attached hydrogens (tertiary/aromatic N) is 4. The molecule has 0 unspecified atom stereocenters. The zero-order valence-corrected chi connectivity index (χ0v) is 21.7. The number of pyridine rings is 2. The lowest BCUT2D eigenvalue weighted by Gasteiger charge is -2.06. The summed E-state index contributed by atoms with van der Waals surface area (Å²) in [6.07, 6.45) is 3.33. The second-order valence-corrected chi connectivity index (χ2v) is 9.74. The summed E-state index contributed by atoms with van der Waals surface area (Å²) < 4.78 is 6.38. The fraction of sp³-hybridized carbons (Fsp3) is 0. The van der Waals surface area contributed by atoms with Gasteiger partial charge >= 0.3 is 0 Å². The zero-order valence-electron chi connectivity index (χ0n) is 21.7. The molecule has 0 aliphatic rings. The summed E-state index contributed by atoms with van der Waals surface area (Å²) in [7, 11) is 0. The molecular formula is C36H20N4O. The minimum Gasteiger partial charge on any atom is -0.456 e. The second kappa shape index (κ2) is 9.93. The molecule has 41 heavy (non-hydrogen) atoms. The lowest BCUT2D eigenvalue weighted by molar-refractivity contribution is 0.669. The van der Waals surface area contributed by atoms with E-state index in [1.165, 1.54) is 0 Å². The molecule has 7 aromatic rings. The quantitative estimate of drug-likeness (QED) is 0.215. The van der Waals surface area contributed by atoms with E-state index >= 15 is 0 Å². The topological polar surface area (TPSA) is 67.1 Å². The van der Waals surface area contributed by atoms with Gasteiger partial charge in [0.2, 0.25) is 0 Å². The van der Waals surface area contributed by atoms with Crippen molar-refractivity contribution in [2.45, 2.75) is 0 Å². The number of furan rings is 1. The highest BCUT2D eigenvalue weighted by Crippen LogP contribution is 2.36. The van der Waals surface area contributed by atoms with Crippen LogP contribution in [-0.4, -0.2) is 9.97 Å². The highest BCUT2D eigenvalue weighted by Gasteiger charge is 2.12. The molecule has 5 nitrogen and oxygen atoms in total. The van der Waals surface area contributed by atoms with Crippen LogP contribution in [0, 0.1) is 17.9 Å². The fourth-order valence-electron chi connectivity index (χ4n) is 5.22. The Hall–Kier alpha value is -6.04. The maximum Gasteiger partial charge on any atom is 0.270 e. The maximum absolute atomic E-state index is 9.23. The molecule has 0 saturated heterocycles. The molecule has 0 fully saturated rings. The summed E-state index contributed by atoms with van der Waals surface area (Å²) in [5.41, 5.74) is 10.3. The molecule has 0 aliphatic heterocycles. The van der Waals surface area contributed by atoms with Crippen LogP contribution in [0.4, 0.5) is 5.82 Å². The van der Waals surface area contributed by atoms with Gasteiger partial charge in [0.25, 0.3) is 5.82 Å². The van der Waals surface area contributed by atoms with Crippen molar-refractivity contribution in [2.75, 3.05) is 0 Å². The Morgan fingerprint density at radius 3 is 1.59 bits per heavy atom. The lowest BCUT2D eigenvalue weighted by Crippen LogP contribution is -1.85. The highest BCUT2D eigenvalue weighted by atomic mass is 16.3. The first-order valence-corrected chi connectivity index (χ1v) is 13.1. The van der Waals surface area contributed by atoms with Crippen LogP contribution >= 0.6 is 0 Å². The molecule has 5 heteroatoms. The molecule has 0 spiro atoms. The average Bonchev–Trinajstić information content (AvgIpc) is 3.42. The molecular weight excluding hydrogens is 504 g/mol. The summed E-state index contributed by atoms with van der Waals surface area (Å²) in [5, 5.41) is 11.4. The Morgan fingerprint density at radius 2 is 1.05 bits per heavy atom.